The highest BCUT2D eigenvalue weighted by atomic mass is 16.5. The van der Waals surface area contributed by atoms with Gasteiger partial charge in [-0.05, 0) is 54.3 Å². The van der Waals surface area contributed by atoms with Gasteiger partial charge in [-0.15, -0.1) is 0 Å². The summed E-state index contributed by atoms with van der Waals surface area (Å²) in [5.74, 6) is 1.01. The predicted octanol–water partition coefficient (Wildman–Crippen LogP) is 3.18. The minimum atomic E-state index is -0.236. The van der Waals surface area contributed by atoms with Crippen LogP contribution in [0.4, 0.5) is 0 Å². The summed E-state index contributed by atoms with van der Waals surface area (Å²) < 4.78 is 16.4. The number of methoxy groups -OCH3 is 2. The summed E-state index contributed by atoms with van der Waals surface area (Å²) in [5, 5.41) is 13.4. The van der Waals surface area contributed by atoms with E-state index in [1.165, 1.54) is 11.1 Å². The zero-order valence-corrected chi connectivity index (χ0v) is 25.0. The molecule has 0 bridgehead atoms. The average Bonchev–Trinajstić information content (AvgIpc) is 3.50. The third-order valence-electron chi connectivity index (χ3n) is 8.41. The molecule has 2 N–H and O–H groups in total. The molecule has 1 saturated heterocycles. The first kappa shape index (κ1) is 30.5. The third kappa shape index (κ3) is 7.54. The van der Waals surface area contributed by atoms with E-state index in [1.54, 1.807) is 43.4 Å². The van der Waals surface area contributed by atoms with Crippen LogP contribution in [-0.4, -0.2) is 93.0 Å². The molecule has 1 atom stereocenters. The summed E-state index contributed by atoms with van der Waals surface area (Å²) in [5.41, 5.74) is 4.76. The molecule has 1 aliphatic carbocycles. The molecular weight excluding hydrogens is 546 g/mol. The van der Waals surface area contributed by atoms with Gasteiger partial charge in [0.15, 0.2) is 0 Å². The molecular formula is C34H41N3O6. The number of carbonyl (C=O) groups is 2. The lowest BCUT2D eigenvalue weighted by atomic mass is 10.0. The number of aliphatic hydroxyl groups excluding tert-OH is 1. The Labute approximate surface area is 253 Å². The number of amides is 2. The number of carbonyl (C=O) groups excluding carboxylic acids is 2. The second kappa shape index (κ2) is 14.5. The number of aliphatic hydroxyl groups is 1. The molecule has 1 heterocycles. The monoisotopic (exact) mass is 587 g/mol. The Kier molecular flexibility index (Phi) is 10.3. The van der Waals surface area contributed by atoms with E-state index in [4.69, 9.17) is 14.2 Å². The topological polar surface area (TPSA) is 101 Å². The molecule has 0 aromatic heterocycles. The average molecular weight is 588 g/mol. The Bertz CT molecular complexity index is 1360. The van der Waals surface area contributed by atoms with E-state index >= 15 is 0 Å². The Balaban J connectivity index is 1.24. The number of fused-ring (bicyclic) bond motifs is 1. The van der Waals surface area contributed by atoms with Crippen molar-refractivity contribution in [3.05, 3.63) is 94.5 Å². The zero-order chi connectivity index (χ0) is 30.2. The van der Waals surface area contributed by atoms with Gasteiger partial charge < -0.3 is 29.5 Å². The summed E-state index contributed by atoms with van der Waals surface area (Å²) >= 11 is 0. The molecule has 0 spiro atoms. The van der Waals surface area contributed by atoms with Crippen molar-refractivity contribution in [3.63, 3.8) is 0 Å². The number of nitrogens with one attached hydrogen (secondary N) is 1. The van der Waals surface area contributed by atoms with Gasteiger partial charge in [0.05, 0.1) is 27.4 Å². The summed E-state index contributed by atoms with van der Waals surface area (Å²) in [7, 11) is 3.29. The molecule has 2 amide bonds. The number of nitrogens with zero attached hydrogens (tertiary/aromatic N) is 2. The van der Waals surface area contributed by atoms with Gasteiger partial charge in [0.25, 0.3) is 11.8 Å². The van der Waals surface area contributed by atoms with Crippen molar-refractivity contribution in [1.82, 2.24) is 15.1 Å². The largest absolute Gasteiger partial charge is 0.497 e. The van der Waals surface area contributed by atoms with Gasteiger partial charge in [0.2, 0.25) is 0 Å². The van der Waals surface area contributed by atoms with Crippen LogP contribution in [0.3, 0.4) is 0 Å². The van der Waals surface area contributed by atoms with Gasteiger partial charge in [-0.3, -0.25) is 14.5 Å². The summed E-state index contributed by atoms with van der Waals surface area (Å²) in [6.07, 6.45) is 1.85. The molecule has 9 nitrogen and oxygen atoms in total. The highest BCUT2D eigenvalue weighted by Gasteiger charge is 2.29. The minimum absolute atomic E-state index is 0.0572. The zero-order valence-electron chi connectivity index (χ0n) is 25.0. The molecule has 5 rings (SSSR count). The maximum Gasteiger partial charge on any atom is 0.254 e. The van der Waals surface area contributed by atoms with E-state index in [-0.39, 0.29) is 30.4 Å². The van der Waals surface area contributed by atoms with Crippen molar-refractivity contribution < 1.29 is 28.9 Å². The van der Waals surface area contributed by atoms with Crippen molar-refractivity contribution >= 4 is 11.8 Å². The van der Waals surface area contributed by atoms with E-state index < -0.39 is 0 Å². The first-order valence-corrected chi connectivity index (χ1v) is 14.9. The van der Waals surface area contributed by atoms with Crippen LogP contribution >= 0.6 is 0 Å². The first-order chi connectivity index (χ1) is 21.0. The van der Waals surface area contributed by atoms with Crippen LogP contribution in [0.25, 0.3) is 0 Å². The van der Waals surface area contributed by atoms with Crippen LogP contribution in [0, 0.1) is 5.92 Å². The first-order valence-electron chi connectivity index (χ1n) is 14.9. The second-order valence-corrected chi connectivity index (χ2v) is 11.2. The van der Waals surface area contributed by atoms with Crippen molar-refractivity contribution in [2.24, 2.45) is 5.92 Å². The highest BCUT2D eigenvalue weighted by Crippen LogP contribution is 2.30. The summed E-state index contributed by atoms with van der Waals surface area (Å²) in [6, 6.07) is 21.4. The minimum Gasteiger partial charge on any atom is -0.497 e. The second-order valence-electron chi connectivity index (χ2n) is 11.2. The fraction of sp³-hybridized carbons (Fsp3) is 0.412. The van der Waals surface area contributed by atoms with Crippen LogP contribution in [0.15, 0.2) is 66.7 Å². The molecule has 9 heteroatoms. The molecule has 3 aromatic carbocycles. The van der Waals surface area contributed by atoms with Gasteiger partial charge >= 0.3 is 0 Å². The number of hydrogen-bond donors (Lipinski definition) is 2. The molecule has 0 saturated carbocycles. The van der Waals surface area contributed by atoms with Gasteiger partial charge in [-0.1, -0.05) is 30.3 Å². The van der Waals surface area contributed by atoms with Crippen LogP contribution in [0.5, 0.6) is 11.5 Å². The van der Waals surface area contributed by atoms with E-state index in [9.17, 15) is 14.7 Å². The SMILES string of the molecule is COc1ccc(CN(CC(CO)CNC(=O)c2ccc(C(=O)N3CCOCC3)cc2)C2Cc3ccccc3C2)c(OC)c1. The van der Waals surface area contributed by atoms with Crippen molar-refractivity contribution in [2.75, 3.05) is 60.2 Å². The van der Waals surface area contributed by atoms with Gasteiger partial charge in [-0.2, -0.15) is 0 Å². The van der Waals surface area contributed by atoms with E-state index in [2.05, 4.69) is 34.5 Å². The number of morpholine rings is 1. The Morgan fingerprint density at radius 3 is 2.28 bits per heavy atom. The van der Waals surface area contributed by atoms with Crippen LogP contribution in [0.1, 0.15) is 37.4 Å². The van der Waals surface area contributed by atoms with Crippen molar-refractivity contribution in [2.45, 2.75) is 25.4 Å². The molecule has 3 aromatic rings. The van der Waals surface area contributed by atoms with Crippen LogP contribution in [-0.2, 0) is 24.1 Å². The Morgan fingerprint density at radius 2 is 1.65 bits per heavy atom. The third-order valence-corrected chi connectivity index (χ3v) is 8.41. The molecule has 2 aliphatic rings. The van der Waals surface area contributed by atoms with Gasteiger partial charge in [0, 0.05) is 74.0 Å². The number of hydrogen-bond acceptors (Lipinski definition) is 7. The lowest BCUT2D eigenvalue weighted by Crippen LogP contribution is -2.43. The number of ether oxygens (including phenoxy) is 3. The molecule has 0 radical (unpaired) electrons. The quantitative estimate of drug-likeness (QED) is 0.336. The summed E-state index contributed by atoms with van der Waals surface area (Å²) in [4.78, 5) is 29.9. The smallest absolute Gasteiger partial charge is 0.254 e. The van der Waals surface area contributed by atoms with Gasteiger partial charge in [-0.25, -0.2) is 0 Å². The summed E-state index contributed by atoms with van der Waals surface area (Å²) in [6.45, 7) is 3.70. The Morgan fingerprint density at radius 1 is 0.977 bits per heavy atom. The Hall–Kier alpha value is -3.92. The molecule has 228 valence electrons. The molecule has 43 heavy (non-hydrogen) atoms. The number of benzene rings is 3. The van der Waals surface area contributed by atoms with Crippen LogP contribution in [0.2, 0.25) is 0 Å². The highest BCUT2D eigenvalue weighted by molar-refractivity contribution is 5.97. The lowest BCUT2D eigenvalue weighted by Gasteiger charge is -2.32. The van der Waals surface area contributed by atoms with Crippen molar-refractivity contribution in [3.8, 4) is 11.5 Å². The van der Waals surface area contributed by atoms with E-state index in [0.717, 1.165) is 29.9 Å². The van der Waals surface area contributed by atoms with Crippen molar-refractivity contribution in [1.29, 1.82) is 0 Å². The number of rotatable bonds is 12. The normalized spacial score (nSPS) is 15.7. The standard InChI is InChI=1S/C34H41N3O6/c1-41-31-12-11-29(32(19-31)42-2)22-37(30-17-27-5-3-4-6-28(27)18-30)21-24(23-38)20-35-33(39)25-7-9-26(10-8-25)34(40)36-13-15-43-16-14-36/h3-12,19,24,30,38H,13-18,20-23H2,1-2H3,(H,35,39). The fourth-order valence-corrected chi connectivity index (χ4v) is 5.91. The molecule has 1 aliphatic heterocycles. The molecule has 1 fully saturated rings. The predicted molar refractivity (Wildman–Crippen MR) is 164 cm³/mol. The molecule has 1 unspecified atom stereocenters. The van der Waals surface area contributed by atoms with Gasteiger partial charge in [0.1, 0.15) is 11.5 Å². The fourth-order valence-electron chi connectivity index (χ4n) is 5.91. The maximum absolute atomic E-state index is 13.0. The lowest BCUT2D eigenvalue weighted by molar-refractivity contribution is 0.0303. The maximum atomic E-state index is 13.0. The van der Waals surface area contributed by atoms with E-state index in [0.29, 0.717) is 57.1 Å². The van der Waals surface area contributed by atoms with Crippen LogP contribution < -0.4 is 14.8 Å². The van der Waals surface area contributed by atoms with E-state index in [1.807, 2.05) is 18.2 Å².